The molecular formula is C22H16ClFN2O4. The molecule has 2 aromatic heterocycles. The highest BCUT2D eigenvalue weighted by Gasteiger charge is 2.28. The zero-order chi connectivity index (χ0) is 20.3. The van der Waals surface area contributed by atoms with E-state index in [1.54, 1.807) is 29.0 Å². The van der Waals surface area contributed by atoms with Gasteiger partial charge in [-0.25, -0.2) is 9.18 Å². The molecule has 3 heterocycles. The van der Waals surface area contributed by atoms with E-state index in [9.17, 15) is 14.7 Å². The number of carbonyl (C=O) groups is 1. The molecule has 4 aromatic rings. The molecule has 1 N–H and O–H groups in total. The molecule has 0 spiro atoms. The van der Waals surface area contributed by atoms with Gasteiger partial charge in [0.05, 0.1) is 28.0 Å². The number of hydrogen-bond donors (Lipinski definition) is 1. The number of carboxylic acid groups (broad SMARTS) is 1. The number of halogens is 2. The summed E-state index contributed by atoms with van der Waals surface area (Å²) in [5, 5.41) is 10.2. The normalized spacial score (nSPS) is 14.9. The molecule has 0 saturated carbocycles. The predicted molar refractivity (Wildman–Crippen MR) is 113 cm³/mol. The average Bonchev–Trinajstić information content (AvgIpc) is 2.71. The molecular weight excluding hydrogens is 411 g/mol. The molecule has 5 rings (SSSR count). The maximum absolute atomic E-state index is 15.2. The second-order valence-corrected chi connectivity index (χ2v) is 7.11. The van der Waals surface area contributed by atoms with Crippen molar-refractivity contribution < 1.29 is 19.0 Å². The van der Waals surface area contributed by atoms with Crippen molar-refractivity contribution >= 4 is 40.2 Å². The minimum atomic E-state index is -1.34. The van der Waals surface area contributed by atoms with Gasteiger partial charge in [-0.05, 0) is 36.8 Å². The van der Waals surface area contributed by atoms with E-state index in [1.165, 1.54) is 6.20 Å². The fourth-order valence-corrected chi connectivity index (χ4v) is 3.88. The van der Waals surface area contributed by atoms with Crippen molar-refractivity contribution in [3.8, 4) is 16.9 Å². The van der Waals surface area contributed by atoms with E-state index in [2.05, 4.69) is 4.98 Å². The Hall–Kier alpha value is -3.45. The Morgan fingerprint density at radius 1 is 1.30 bits per heavy atom. The Bertz CT molecular complexity index is 1400. The average molecular weight is 427 g/mol. The van der Waals surface area contributed by atoms with Gasteiger partial charge in [-0.3, -0.25) is 9.78 Å². The van der Waals surface area contributed by atoms with Crippen LogP contribution in [-0.2, 0) is 0 Å². The van der Waals surface area contributed by atoms with Crippen LogP contribution in [0.4, 0.5) is 4.39 Å². The van der Waals surface area contributed by atoms with Crippen LogP contribution in [0.3, 0.4) is 0 Å². The van der Waals surface area contributed by atoms with Crippen LogP contribution in [0.2, 0.25) is 0 Å². The zero-order valence-corrected chi connectivity index (χ0v) is 16.6. The standard InChI is InChI=1S/C22H15FN2O4.ClH/c1-11-10-29-21-18(13-4-5-17-12(7-13)3-2-6-24-17)16(23)8-14-19(21)25(11)9-15(20(14)26)22(27)28;/h2-9,11H,10H2,1H3,(H,27,28);1H. The monoisotopic (exact) mass is 426 g/mol. The lowest BCUT2D eigenvalue weighted by molar-refractivity contribution is 0.0694. The van der Waals surface area contributed by atoms with Crippen LogP contribution >= 0.6 is 12.4 Å². The zero-order valence-electron chi connectivity index (χ0n) is 15.8. The third-order valence-electron chi connectivity index (χ3n) is 5.29. The van der Waals surface area contributed by atoms with Crippen LogP contribution < -0.4 is 10.2 Å². The smallest absolute Gasteiger partial charge is 0.341 e. The number of aromatic nitrogens is 2. The van der Waals surface area contributed by atoms with Crippen molar-refractivity contribution in [3.63, 3.8) is 0 Å². The first-order valence-electron chi connectivity index (χ1n) is 9.08. The first-order valence-corrected chi connectivity index (χ1v) is 9.08. The van der Waals surface area contributed by atoms with E-state index in [1.807, 2.05) is 19.1 Å². The summed E-state index contributed by atoms with van der Waals surface area (Å²) in [6.45, 7) is 2.08. The second kappa shape index (κ2) is 7.11. The van der Waals surface area contributed by atoms with Crippen molar-refractivity contribution in [2.75, 3.05) is 6.61 Å². The predicted octanol–water partition coefficient (Wildman–Crippen LogP) is 4.43. The van der Waals surface area contributed by atoms with Gasteiger partial charge in [0.15, 0.2) is 5.75 Å². The Balaban J connectivity index is 0.00000218. The molecule has 0 bridgehead atoms. The lowest BCUT2D eigenvalue weighted by Gasteiger charge is -2.28. The van der Waals surface area contributed by atoms with Crippen LogP contribution in [0.5, 0.6) is 5.75 Å². The Labute approximate surface area is 176 Å². The van der Waals surface area contributed by atoms with E-state index < -0.39 is 17.2 Å². The molecule has 0 fully saturated rings. The molecule has 2 aromatic carbocycles. The SMILES string of the molecule is CC1COc2c(-c3ccc4ncccc4c3)c(F)cc3c(=O)c(C(=O)O)cn1c23.Cl. The highest BCUT2D eigenvalue weighted by molar-refractivity contribution is 5.99. The van der Waals surface area contributed by atoms with Crippen molar-refractivity contribution in [2.24, 2.45) is 0 Å². The number of benzene rings is 2. The van der Waals surface area contributed by atoms with E-state index >= 15 is 4.39 Å². The van der Waals surface area contributed by atoms with Gasteiger partial charge < -0.3 is 14.4 Å². The largest absolute Gasteiger partial charge is 0.488 e. The molecule has 152 valence electrons. The number of hydrogen-bond acceptors (Lipinski definition) is 4. The number of fused-ring (bicyclic) bond motifs is 1. The molecule has 8 heteroatoms. The van der Waals surface area contributed by atoms with Crippen LogP contribution in [0.1, 0.15) is 23.3 Å². The molecule has 1 aliphatic rings. The van der Waals surface area contributed by atoms with E-state index in [-0.39, 0.29) is 47.3 Å². The van der Waals surface area contributed by atoms with Gasteiger partial charge in [-0.15, -0.1) is 12.4 Å². The Kier molecular flexibility index (Phi) is 4.70. The molecule has 0 aliphatic carbocycles. The molecule has 0 saturated heterocycles. The third-order valence-corrected chi connectivity index (χ3v) is 5.29. The van der Waals surface area contributed by atoms with Crippen molar-refractivity contribution in [2.45, 2.75) is 13.0 Å². The summed E-state index contributed by atoms with van der Waals surface area (Å²) in [5.74, 6) is -1.74. The minimum absolute atomic E-state index is 0. The number of pyridine rings is 2. The molecule has 30 heavy (non-hydrogen) atoms. The number of ether oxygens (including phenoxy) is 1. The first-order chi connectivity index (χ1) is 14.0. The molecule has 1 atom stereocenters. The van der Waals surface area contributed by atoms with Crippen molar-refractivity contribution in [1.29, 1.82) is 0 Å². The first kappa shape index (κ1) is 19.8. The number of aromatic carboxylic acids is 1. The highest BCUT2D eigenvalue weighted by Crippen LogP contribution is 2.42. The molecule has 0 amide bonds. The lowest BCUT2D eigenvalue weighted by atomic mass is 9.97. The summed E-state index contributed by atoms with van der Waals surface area (Å²) in [4.78, 5) is 28.4. The lowest BCUT2D eigenvalue weighted by Crippen LogP contribution is -2.27. The highest BCUT2D eigenvalue weighted by atomic mass is 35.5. The van der Waals surface area contributed by atoms with Gasteiger partial charge in [0.1, 0.15) is 18.0 Å². The van der Waals surface area contributed by atoms with Gasteiger partial charge in [-0.2, -0.15) is 0 Å². The van der Waals surface area contributed by atoms with Crippen LogP contribution in [-0.4, -0.2) is 27.2 Å². The summed E-state index contributed by atoms with van der Waals surface area (Å²) < 4.78 is 22.8. The second-order valence-electron chi connectivity index (χ2n) is 7.11. The van der Waals surface area contributed by atoms with Crippen molar-refractivity contribution in [3.05, 3.63) is 70.4 Å². The van der Waals surface area contributed by atoms with Gasteiger partial charge in [0.25, 0.3) is 0 Å². The third kappa shape index (κ3) is 2.81. The quantitative estimate of drug-likeness (QED) is 0.513. The Morgan fingerprint density at radius 2 is 2.10 bits per heavy atom. The molecule has 1 unspecified atom stereocenters. The maximum atomic E-state index is 15.2. The van der Waals surface area contributed by atoms with Gasteiger partial charge in [-0.1, -0.05) is 12.1 Å². The maximum Gasteiger partial charge on any atom is 0.341 e. The number of nitrogens with zero attached hydrogens (tertiary/aromatic N) is 2. The minimum Gasteiger partial charge on any atom is -0.488 e. The van der Waals surface area contributed by atoms with E-state index in [0.717, 1.165) is 17.0 Å². The summed E-state index contributed by atoms with van der Waals surface area (Å²) in [6.07, 6.45) is 3.00. The van der Waals surface area contributed by atoms with Gasteiger partial charge in [0, 0.05) is 17.8 Å². The summed E-state index contributed by atoms with van der Waals surface area (Å²) >= 11 is 0. The topological polar surface area (TPSA) is 81.4 Å². The van der Waals surface area contributed by atoms with Gasteiger partial charge in [0.2, 0.25) is 5.43 Å². The number of carboxylic acids is 1. The van der Waals surface area contributed by atoms with Crippen LogP contribution in [0, 0.1) is 5.82 Å². The fraction of sp³-hybridized carbons (Fsp3) is 0.136. The van der Waals surface area contributed by atoms with E-state index in [4.69, 9.17) is 4.74 Å². The van der Waals surface area contributed by atoms with Crippen molar-refractivity contribution in [1.82, 2.24) is 9.55 Å². The summed E-state index contributed by atoms with van der Waals surface area (Å²) in [7, 11) is 0. The molecule has 0 radical (unpaired) electrons. The Morgan fingerprint density at radius 3 is 2.87 bits per heavy atom. The molecule has 6 nitrogen and oxygen atoms in total. The summed E-state index contributed by atoms with van der Waals surface area (Å²) in [5.41, 5.74) is 0.907. The summed E-state index contributed by atoms with van der Waals surface area (Å²) in [6, 6.07) is 9.96. The van der Waals surface area contributed by atoms with Gasteiger partial charge >= 0.3 is 5.97 Å². The van der Waals surface area contributed by atoms with Crippen LogP contribution in [0.25, 0.3) is 32.9 Å². The fourth-order valence-electron chi connectivity index (χ4n) is 3.88. The number of rotatable bonds is 2. The molecule has 1 aliphatic heterocycles. The van der Waals surface area contributed by atoms with Crippen LogP contribution in [0.15, 0.2) is 53.6 Å². The van der Waals surface area contributed by atoms with E-state index in [0.29, 0.717) is 11.1 Å².